The molecule has 2 N–H and O–H groups in total. The predicted molar refractivity (Wildman–Crippen MR) is 60.9 cm³/mol. The molecular weight excluding hydrogens is 176 g/mol. The first-order chi connectivity index (χ1) is 6.86. The number of nitrogens with zero attached hydrogens (tertiary/aromatic N) is 2. The van der Waals surface area contributed by atoms with Crippen LogP contribution in [-0.2, 0) is 6.54 Å². The topological polar surface area (TPSA) is 48.8 Å². The fourth-order valence-corrected chi connectivity index (χ4v) is 1.04. The number of hydrogen-bond donors (Lipinski definition) is 2. The molecular formula is C10H14N4. The van der Waals surface area contributed by atoms with Crippen LogP contribution in [0.2, 0.25) is 0 Å². The van der Waals surface area contributed by atoms with Crippen molar-refractivity contribution in [1.82, 2.24) is 5.43 Å². The molecule has 1 rings (SSSR count). The minimum absolute atomic E-state index is 0.638. The number of hydrogen-bond acceptors (Lipinski definition) is 3. The van der Waals surface area contributed by atoms with E-state index >= 15 is 0 Å². The third-order valence-corrected chi connectivity index (χ3v) is 1.66. The van der Waals surface area contributed by atoms with E-state index < -0.39 is 0 Å². The first kappa shape index (κ1) is 10.4. The van der Waals surface area contributed by atoms with Crippen molar-refractivity contribution in [2.24, 2.45) is 9.98 Å². The maximum absolute atomic E-state index is 4.05. The van der Waals surface area contributed by atoms with Crippen LogP contribution in [0.15, 0.2) is 34.3 Å². The normalized spacial score (nSPS) is 10.4. The zero-order chi connectivity index (χ0) is 10.2. The molecule has 0 saturated carbocycles. The standard InChI is InChI=1S/C10H14N4/c1-11-8-13-7-9-3-5-10(6-4-9)14-12-2/h3-6,8,12,14H,1,7H2,2H3. The van der Waals surface area contributed by atoms with Crippen LogP contribution in [-0.4, -0.2) is 20.1 Å². The van der Waals surface area contributed by atoms with Gasteiger partial charge in [0.2, 0.25) is 0 Å². The van der Waals surface area contributed by atoms with Crippen LogP contribution in [0.5, 0.6) is 0 Å². The SMILES string of the molecule is C=NC=NCc1ccc(NNC)cc1. The van der Waals surface area contributed by atoms with Gasteiger partial charge in [0.05, 0.1) is 6.54 Å². The second-order valence-corrected chi connectivity index (χ2v) is 2.71. The summed E-state index contributed by atoms with van der Waals surface area (Å²) in [5, 5.41) is 0. The van der Waals surface area contributed by atoms with Gasteiger partial charge in [0.25, 0.3) is 0 Å². The second-order valence-electron chi connectivity index (χ2n) is 2.71. The number of benzene rings is 1. The van der Waals surface area contributed by atoms with Gasteiger partial charge in [-0.1, -0.05) is 12.1 Å². The van der Waals surface area contributed by atoms with Gasteiger partial charge in [-0.3, -0.25) is 9.98 Å². The lowest BCUT2D eigenvalue weighted by Gasteiger charge is -2.03. The van der Waals surface area contributed by atoms with Gasteiger partial charge in [0.15, 0.2) is 0 Å². The van der Waals surface area contributed by atoms with Gasteiger partial charge in [-0.25, -0.2) is 5.43 Å². The lowest BCUT2D eigenvalue weighted by Crippen LogP contribution is -2.14. The Labute approximate surface area is 83.8 Å². The van der Waals surface area contributed by atoms with Crippen molar-refractivity contribution in [2.45, 2.75) is 6.54 Å². The van der Waals surface area contributed by atoms with E-state index in [4.69, 9.17) is 0 Å². The highest BCUT2D eigenvalue weighted by molar-refractivity contribution is 5.61. The quantitative estimate of drug-likeness (QED) is 0.419. The first-order valence-corrected chi connectivity index (χ1v) is 4.32. The average molecular weight is 190 g/mol. The van der Waals surface area contributed by atoms with Crippen molar-refractivity contribution in [2.75, 3.05) is 12.5 Å². The minimum Gasteiger partial charge on any atom is -0.322 e. The molecule has 0 aliphatic rings. The van der Waals surface area contributed by atoms with Gasteiger partial charge >= 0.3 is 0 Å². The van der Waals surface area contributed by atoms with Crippen LogP contribution < -0.4 is 10.9 Å². The van der Waals surface area contributed by atoms with E-state index in [9.17, 15) is 0 Å². The molecule has 0 aromatic heterocycles. The summed E-state index contributed by atoms with van der Waals surface area (Å²) in [4.78, 5) is 7.58. The summed E-state index contributed by atoms with van der Waals surface area (Å²) in [6, 6.07) is 8.01. The first-order valence-electron chi connectivity index (χ1n) is 4.32. The molecule has 0 bridgehead atoms. The van der Waals surface area contributed by atoms with E-state index in [-0.39, 0.29) is 0 Å². The number of nitrogens with one attached hydrogen (secondary N) is 2. The summed E-state index contributed by atoms with van der Waals surface area (Å²) in [6.07, 6.45) is 1.46. The number of rotatable bonds is 5. The molecule has 0 unspecified atom stereocenters. The Morgan fingerprint density at radius 2 is 2.07 bits per heavy atom. The number of aliphatic imine (C=N–C) groups is 2. The molecule has 0 heterocycles. The van der Waals surface area contributed by atoms with E-state index in [2.05, 4.69) is 27.6 Å². The lowest BCUT2D eigenvalue weighted by atomic mass is 10.2. The minimum atomic E-state index is 0.638. The van der Waals surface area contributed by atoms with Crippen molar-refractivity contribution < 1.29 is 0 Å². The highest BCUT2D eigenvalue weighted by Crippen LogP contribution is 2.08. The maximum atomic E-state index is 4.05. The monoisotopic (exact) mass is 190 g/mol. The van der Waals surface area contributed by atoms with Crippen molar-refractivity contribution >= 4 is 18.7 Å². The maximum Gasteiger partial charge on any atom is 0.109 e. The van der Waals surface area contributed by atoms with Crippen LogP contribution in [0, 0.1) is 0 Å². The van der Waals surface area contributed by atoms with Crippen molar-refractivity contribution in [1.29, 1.82) is 0 Å². The van der Waals surface area contributed by atoms with Gasteiger partial charge in [-0.2, -0.15) is 0 Å². The highest BCUT2D eigenvalue weighted by Gasteiger charge is 1.91. The zero-order valence-electron chi connectivity index (χ0n) is 8.20. The molecule has 0 amide bonds. The summed E-state index contributed by atoms with van der Waals surface area (Å²) in [5.41, 5.74) is 8.01. The van der Waals surface area contributed by atoms with Gasteiger partial charge < -0.3 is 5.43 Å². The molecule has 14 heavy (non-hydrogen) atoms. The lowest BCUT2D eigenvalue weighted by molar-refractivity contribution is 0.982. The molecule has 0 fully saturated rings. The third kappa shape index (κ3) is 3.37. The number of anilines is 1. The fourth-order valence-electron chi connectivity index (χ4n) is 1.04. The molecule has 4 heteroatoms. The largest absolute Gasteiger partial charge is 0.322 e. The van der Waals surface area contributed by atoms with Crippen molar-refractivity contribution in [3.05, 3.63) is 29.8 Å². The van der Waals surface area contributed by atoms with Crippen LogP contribution in [0.3, 0.4) is 0 Å². The molecule has 1 aromatic rings. The second kappa shape index (κ2) is 5.88. The van der Waals surface area contributed by atoms with Gasteiger partial charge in [0.1, 0.15) is 6.34 Å². The van der Waals surface area contributed by atoms with Crippen LogP contribution in [0.1, 0.15) is 5.56 Å². The van der Waals surface area contributed by atoms with Crippen LogP contribution in [0.4, 0.5) is 5.69 Å². The van der Waals surface area contributed by atoms with Crippen molar-refractivity contribution in [3.63, 3.8) is 0 Å². The van der Waals surface area contributed by atoms with Gasteiger partial charge in [0, 0.05) is 12.7 Å². The molecule has 0 radical (unpaired) electrons. The molecule has 0 aliphatic carbocycles. The molecule has 4 nitrogen and oxygen atoms in total. The van der Waals surface area contributed by atoms with E-state index in [1.165, 1.54) is 6.34 Å². The van der Waals surface area contributed by atoms with E-state index in [0.717, 1.165) is 11.3 Å². The Morgan fingerprint density at radius 1 is 1.36 bits per heavy atom. The molecule has 0 saturated heterocycles. The molecule has 0 atom stereocenters. The Balaban J connectivity index is 2.54. The number of hydrazine groups is 1. The Kier molecular flexibility index (Phi) is 4.37. The molecule has 0 aliphatic heterocycles. The van der Waals surface area contributed by atoms with E-state index in [1.807, 2.05) is 31.3 Å². The summed E-state index contributed by atoms with van der Waals surface area (Å²) in [6.45, 7) is 3.95. The van der Waals surface area contributed by atoms with Crippen LogP contribution in [0.25, 0.3) is 0 Å². The van der Waals surface area contributed by atoms with E-state index in [0.29, 0.717) is 6.54 Å². The smallest absolute Gasteiger partial charge is 0.109 e. The van der Waals surface area contributed by atoms with Gasteiger partial charge in [-0.05, 0) is 24.4 Å². The van der Waals surface area contributed by atoms with Crippen molar-refractivity contribution in [3.8, 4) is 0 Å². The van der Waals surface area contributed by atoms with E-state index in [1.54, 1.807) is 0 Å². The van der Waals surface area contributed by atoms with Gasteiger partial charge in [-0.15, -0.1) is 0 Å². The molecule has 1 aromatic carbocycles. The third-order valence-electron chi connectivity index (χ3n) is 1.66. The summed E-state index contributed by atoms with van der Waals surface area (Å²) in [5.74, 6) is 0. The highest BCUT2D eigenvalue weighted by atomic mass is 15.3. The Bertz CT molecular complexity index is 302. The van der Waals surface area contributed by atoms with Crippen LogP contribution >= 0.6 is 0 Å². The predicted octanol–water partition coefficient (Wildman–Crippen LogP) is 1.46. The summed E-state index contributed by atoms with van der Waals surface area (Å²) < 4.78 is 0. The molecule has 74 valence electrons. The average Bonchev–Trinajstić information content (AvgIpc) is 2.21. The fraction of sp³-hybridized carbons (Fsp3) is 0.200. The molecule has 0 spiro atoms. The summed E-state index contributed by atoms with van der Waals surface area (Å²) >= 11 is 0. The zero-order valence-corrected chi connectivity index (χ0v) is 8.20. The summed E-state index contributed by atoms with van der Waals surface area (Å²) in [7, 11) is 1.83. The Morgan fingerprint density at radius 3 is 2.64 bits per heavy atom. The Hall–Kier alpha value is -1.68.